The summed E-state index contributed by atoms with van der Waals surface area (Å²) < 4.78 is 5.10. The molecule has 2 aromatic rings. The van der Waals surface area contributed by atoms with Crippen molar-refractivity contribution in [2.45, 2.75) is 0 Å². The molecule has 4 nitrogen and oxygen atoms in total. The molecule has 0 saturated heterocycles. The van der Waals surface area contributed by atoms with Crippen LogP contribution in [0.1, 0.15) is 10.4 Å². The van der Waals surface area contributed by atoms with Crippen LogP contribution in [0.25, 0.3) is 11.1 Å². The van der Waals surface area contributed by atoms with Crippen molar-refractivity contribution in [3.8, 4) is 22.6 Å². The van der Waals surface area contributed by atoms with Crippen molar-refractivity contribution < 1.29 is 71.1 Å². The molecule has 0 aliphatic heterocycles. The SMILES string of the molecule is COc1cccc(-c2ccc(C(=O)[O-])c(O)c2)c1.[K+]. The molecular weight excluding hydrogens is 271 g/mol. The Balaban J connectivity index is 0.00000180. The van der Waals surface area contributed by atoms with Crippen LogP contribution >= 0.6 is 0 Å². The number of methoxy groups -OCH3 is 1. The first kappa shape index (κ1) is 16.2. The molecule has 0 radical (unpaired) electrons. The van der Waals surface area contributed by atoms with E-state index in [0.717, 1.165) is 5.56 Å². The van der Waals surface area contributed by atoms with E-state index in [1.165, 1.54) is 12.1 Å². The van der Waals surface area contributed by atoms with E-state index in [0.29, 0.717) is 11.3 Å². The molecule has 0 atom stereocenters. The van der Waals surface area contributed by atoms with Crippen molar-refractivity contribution in [3.05, 3.63) is 48.0 Å². The number of carboxylic acid groups (broad SMARTS) is 1. The second-order valence-electron chi connectivity index (χ2n) is 3.75. The number of carbonyl (C=O) groups is 1. The summed E-state index contributed by atoms with van der Waals surface area (Å²) in [7, 11) is 1.57. The molecule has 92 valence electrons. The molecule has 19 heavy (non-hydrogen) atoms. The van der Waals surface area contributed by atoms with Gasteiger partial charge in [-0.2, -0.15) is 0 Å². The van der Waals surface area contributed by atoms with Gasteiger partial charge in [0.1, 0.15) is 11.5 Å². The van der Waals surface area contributed by atoms with Crippen molar-refractivity contribution in [2.24, 2.45) is 0 Å². The second kappa shape index (κ2) is 7.07. The van der Waals surface area contributed by atoms with E-state index in [1.54, 1.807) is 25.3 Å². The van der Waals surface area contributed by atoms with Gasteiger partial charge in [0, 0.05) is 5.56 Å². The smallest absolute Gasteiger partial charge is 0.545 e. The quantitative estimate of drug-likeness (QED) is 0.691. The zero-order valence-corrected chi connectivity index (χ0v) is 13.8. The third-order valence-corrected chi connectivity index (χ3v) is 2.62. The average molecular weight is 282 g/mol. The van der Waals surface area contributed by atoms with E-state index in [2.05, 4.69) is 0 Å². The number of hydrogen-bond acceptors (Lipinski definition) is 4. The molecule has 0 aliphatic carbocycles. The van der Waals surface area contributed by atoms with Crippen LogP contribution in [0.4, 0.5) is 0 Å². The van der Waals surface area contributed by atoms with Gasteiger partial charge in [0.2, 0.25) is 0 Å². The van der Waals surface area contributed by atoms with Crippen molar-refractivity contribution in [2.75, 3.05) is 7.11 Å². The largest absolute Gasteiger partial charge is 1.00 e. The normalized spacial score (nSPS) is 9.53. The minimum atomic E-state index is -1.40. The van der Waals surface area contributed by atoms with Gasteiger partial charge in [0.15, 0.2) is 0 Å². The number of carboxylic acids is 1. The second-order valence-corrected chi connectivity index (χ2v) is 3.75. The summed E-state index contributed by atoms with van der Waals surface area (Å²) in [6.45, 7) is 0. The molecule has 2 aromatic carbocycles. The van der Waals surface area contributed by atoms with Gasteiger partial charge >= 0.3 is 51.4 Å². The number of aromatic carboxylic acids is 1. The first-order valence-corrected chi connectivity index (χ1v) is 5.30. The Morgan fingerprint density at radius 1 is 1.16 bits per heavy atom. The van der Waals surface area contributed by atoms with Crippen molar-refractivity contribution in [1.82, 2.24) is 0 Å². The molecule has 0 fully saturated rings. The molecule has 0 saturated carbocycles. The monoisotopic (exact) mass is 282 g/mol. The van der Waals surface area contributed by atoms with Crippen molar-refractivity contribution in [3.63, 3.8) is 0 Å². The van der Waals surface area contributed by atoms with Crippen molar-refractivity contribution in [1.29, 1.82) is 0 Å². The van der Waals surface area contributed by atoms with Crippen LogP contribution < -0.4 is 61.2 Å². The molecule has 0 unspecified atom stereocenters. The minimum Gasteiger partial charge on any atom is -0.545 e. The maximum absolute atomic E-state index is 10.7. The van der Waals surface area contributed by atoms with Gasteiger partial charge in [-0.15, -0.1) is 0 Å². The fraction of sp³-hybridized carbons (Fsp3) is 0.0714. The summed E-state index contributed by atoms with van der Waals surface area (Å²) >= 11 is 0. The number of benzene rings is 2. The Morgan fingerprint density at radius 2 is 1.84 bits per heavy atom. The predicted molar refractivity (Wildman–Crippen MR) is 64.4 cm³/mol. The Labute approximate surface area is 153 Å². The van der Waals surface area contributed by atoms with Crippen LogP contribution in [0.5, 0.6) is 11.5 Å². The fourth-order valence-corrected chi connectivity index (χ4v) is 1.69. The molecular formula is C14H11KO4. The molecule has 0 amide bonds. The standard InChI is InChI=1S/C14H12O4.K/c1-18-11-4-2-3-9(7-11)10-5-6-12(14(16)17)13(15)8-10;/h2-8,15H,1H3,(H,16,17);/q;+1/p-1. The van der Waals surface area contributed by atoms with Crippen LogP contribution in [0.2, 0.25) is 0 Å². The molecule has 1 N–H and O–H groups in total. The summed E-state index contributed by atoms with van der Waals surface area (Å²) in [6, 6.07) is 11.6. The average Bonchev–Trinajstić information content (AvgIpc) is 2.38. The van der Waals surface area contributed by atoms with E-state index < -0.39 is 5.97 Å². The van der Waals surface area contributed by atoms with E-state index in [4.69, 9.17) is 4.74 Å². The van der Waals surface area contributed by atoms with Crippen LogP contribution in [0.15, 0.2) is 42.5 Å². The minimum absolute atomic E-state index is 0. The summed E-state index contributed by atoms with van der Waals surface area (Å²) in [4.78, 5) is 10.7. The van der Waals surface area contributed by atoms with Gasteiger partial charge in [-0.1, -0.05) is 18.2 Å². The Bertz CT molecular complexity index is 596. The van der Waals surface area contributed by atoms with Gasteiger partial charge in [0.05, 0.1) is 13.1 Å². The van der Waals surface area contributed by atoms with Crippen LogP contribution in [-0.4, -0.2) is 18.2 Å². The summed E-state index contributed by atoms with van der Waals surface area (Å²) in [5.74, 6) is -1.02. The molecule has 0 spiro atoms. The molecule has 2 rings (SSSR count). The van der Waals surface area contributed by atoms with E-state index in [-0.39, 0.29) is 62.7 Å². The van der Waals surface area contributed by atoms with Gasteiger partial charge in [-0.05, 0) is 35.4 Å². The summed E-state index contributed by atoms with van der Waals surface area (Å²) in [6.07, 6.45) is 0. The number of ether oxygens (including phenoxy) is 1. The zero-order chi connectivity index (χ0) is 13.1. The van der Waals surface area contributed by atoms with Gasteiger partial charge in [-0.25, -0.2) is 0 Å². The topological polar surface area (TPSA) is 69.6 Å². The number of phenols is 1. The first-order valence-electron chi connectivity index (χ1n) is 5.30. The number of carbonyl (C=O) groups excluding carboxylic acids is 1. The van der Waals surface area contributed by atoms with E-state index >= 15 is 0 Å². The maximum atomic E-state index is 10.7. The summed E-state index contributed by atoms with van der Waals surface area (Å²) in [5.41, 5.74) is 1.31. The maximum Gasteiger partial charge on any atom is 1.00 e. The molecule has 0 aromatic heterocycles. The molecule has 0 heterocycles. The number of hydrogen-bond donors (Lipinski definition) is 1. The zero-order valence-electron chi connectivity index (χ0n) is 10.7. The fourth-order valence-electron chi connectivity index (χ4n) is 1.69. The van der Waals surface area contributed by atoms with Gasteiger partial charge < -0.3 is 19.7 Å². The number of aromatic hydroxyl groups is 1. The van der Waals surface area contributed by atoms with E-state index in [9.17, 15) is 15.0 Å². The van der Waals surface area contributed by atoms with Crippen LogP contribution in [-0.2, 0) is 0 Å². The van der Waals surface area contributed by atoms with Crippen LogP contribution in [0.3, 0.4) is 0 Å². The predicted octanol–water partition coefficient (Wildman–Crippen LogP) is -1.56. The Kier molecular flexibility index (Phi) is 6.03. The molecule has 0 bridgehead atoms. The number of rotatable bonds is 3. The third kappa shape index (κ3) is 3.81. The molecule has 0 aliphatic rings. The summed E-state index contributed by atoms with van der Waals surface area (Å²) in [5, 5.41) is 20.3. The van der Waals surface area contributed by atoms with Gasteiger partial charge in [0.25, 0.3) is 0 Å². The Morgan fingerprint density at radius 3 is 2.42 bits per heavy atom. The third-order valence-electron chi connectivity index (χ3n) is 2.62. The Hall–Kier alpha value is -0.854. The first-order chi connectivity index (χ1) is 8.61. The molecule has 5 heteroatoms. The van der Waals surface area contributed by atoms with Crippen LogP contribution in [0, 0.1) is 0 Å². The van der Waals surface area contributed by atoms with Gasteiger partial charge in [-0.3, -0.25) is 0 Å². The van der Waals surface area contributed by atoms with Crippen molar-refractivity contribution >= 4 is 5.97 Å². The van der Waals surface area contributed by atoms with E-state index in [1.807, 2.05) is 12.1 Å².